The van der Waals surface area contributed by atoms with Crippen LogP contribution in [0, 0.1) is 5.92 Å². The molecule has 4 heterocycles. The van der Waals surface area contributed by atoms with Gasteiger partial charge in [0, 0.05) is 61.3 Å². The highest BCUT2D eigenvalue weighted by atomic mass is 28.3. The fraction of sp³-hybridized carbons (Fsp3) is 0.386. The van der Waals surface area contributed by atoms with E-state index in [2.05, 4.69) is 42.5 Å². The first-order valence-corrected chi connectivity index (χ1v) is 22.8. The summed E-state index contributed by atoms with van der Waals surface area (Å²) in [5.41, 5.74) is 2.98. The summed E-state index contributed by atoms with van der Waals surface area (Å²) in [5.74, 6) is -0.00510. The minimum atomic E-state index is -2.44. The van der Waals surface area contributed by atoms with Crippen LogP contribution in [0.4, 0.5) is 17.1 Å². The van der Waals surface area contributed by atoms with Crippen LogP contribution in [0.5, 0.6) is 5.75 Å². The van der Waals surface area contributed by atoms with E-state index in [-0.39, 0.29) is 48.4 Å². The van der Waals surface area contributed by atoms with Crippen molar-refractivity contribution in [2.75, 3.05) is 37.2 Å². The van der Waals surface area contributed by atoms with E-state index in [0.29, 0.717) is 55.7 Å². The normalized spacial score (nSPS) is 21.3. The quantitative estimate of drug-likeness (QED) is 0.0786. The fourth-order valence-electron chi connectivity index (χ4n) is 9.68. The number of carbonyl (C=O) groups is 3. The Balaban J connectivity index is 1.23. The van der Waals surface area contributed by atoms with Crippen LogP contribution >= 0.6 is 0 Å². The zero-order valence-corrected chi connectivity index (χ0v) is 34.1. The molecule has 1 aromatic heterocycles. The van der Waals surface area contributed by atoms with Crippen LogP contribution in [-0.2, 0) is 37.6 Å². The van der Waals surface area contributed by atoms with E-state index in [1.165, 1.54) is 12.3 Å². The van der Waals surface area contributed by atoms with Crippen LogP contribution in [0.1, 0.15) is 54.2 Å². The van der Waals surface area contributed by atoms with Crippen molar-refractivity contribution in [3.05, 3.63) is 102 Å². The number of ether oxygens (including phenoxy) is 3. The number of aliphatic hydroxyl groups is 1. The van der Waals surface area contributed by atoms with Crippen molar-refractivity contribution in [1.29, 1.82) is 0 Å². The second kappa shape index (κ2) is 15.2. The molecule has 57 heavy (non-hydrogen) atoms. The van der Waals surface area contributed by atoms with E-state index in [9.17, 15) is 14.7 Å². The molecule has 13 heteroatoms. The molecule has 0 aliphatic carbocycles. The van der Waals surface area contributed by atoms with Crippen LogP contribution in [0.25, 0.3) is 10.8 Å². The number of methoxy groups -OCH3 is 2. The number of aromatic nitrogens is 3. The summed E-state index contributed by atoms with van der Waals surface area (Å²) in [6.07, 6.45) is 3.94. The Kier molecular flexibility index (Phi) is 10.3. The number of unbranched alkanes of at least 4 members (excludes halogenated alkanes) is 1. The third kappa shape index (κ3) is 6.41. The van der Waals surface area contributed by atoms with Gasteiger partial charge in [0.25, 0.3) is 11.8 Å². The van der Waals surface area contributed by atoms with Gasteiger partial charge in [0.05, 0.1) is 51.0 Å². The van der Waals surface area contributed by atoms with Crippen LogP contribution in [0.15, 0.2) is 85.1 Å². The highest BCUT2D eigenvalue weighted by molar-refractivity contribution is 6.91. The maximum absolute atomic E-state index is 15.4. The summed E-state index contributed by atoms with van der Waals surface area (Å²) in [7, 11) is 0.603. The number of aliphatic hydroxyl groups excluding tert-OH is 1. The Hall–Kier alpha value is -5.37. The zero-order chi connectivity index (χ0) is 40.1. The number of benzene rings is 4. The second-order valence-corrected chi connectivity index (χ2v) is 20.6. The van der Waals surface area contributed by atoms with Gasteiger partial charge in [0.2, 0.25) is 0 Å². The van der Waals surface area contributed by atoms with Gasteiger partial charge in [-0.25, -0.2) is 0 Å². The molecule has 4 atom stereocenters. The topological polar surface area (TPSA) is 136 Å². The molecule has 0 unspecified atom stereocenters. The van der Waals surface area contributed by atoms with Crippen molar-refractivity contribution in [2.45, 2.75) is 75.9 Å². The van der Waals surface area contributed by atoms with E-state index in [4.69, 9.17) is 14.2 Å². The molecule has 0 saturated carbocycles. The molecule has 3 aliphatic heterocycles. The van der Waals surface area contributed by atoms with Crippen LogP contribution in [0.2, 0.25) is 18.6 Å². The van der Waals surface area contributed by atoms with Crippen molar-refractivity contribution in [1.82, 2.24) is 15.0 Å². The van der Waals surface area contributed by atoms with Crippen LogP contribution < -0.4 is 19.7 Å². The van der Waals surface area contributed by atoms with Crippen molar-refractivity contribution < 1.29 is 33.7 Å². The lowest BCUT2D eigenvalue weighted by atomic mass is 9.82. The van der Waals surface area contributed by atoms with Gasteiger partial charge in [-0.2, -0.15) is 0 Å². The molecular formula is C44H49N5O7Si. The number of hydrogen-bond donors (Lipinski definition) is 1. The average molecular weight is 788 g/mol. The third-order valence-corrected chi connectivity index (χ3v) is 16.8. The monoisotopic (exact) mass is 787 g/mol. The summed E-state index contributed by atoms with van der Waals surface area (Å²) in [6.45, 7) is 7.75. The van der Waals surface area contributed by atoms with E-state index in [1.807, 2.05) is 77.8 Å². The summed E-state index contributed by atoms with van der Waals surface area (Å²) in [6, 6.07) is 25.9. The van der Waals surface area contributed by atoms with Gasteiger partial charge in [-0.05, 0) is 72.7 Å². The van der Waals surface area contributed by atoms with Crippen molar-refractivity contribution >= 4 is 58.9 Å². The number of rotatable bonds is 14. The predicted octanol–water partition coefficient (Wildman–Crippen LogP) is 6.26. The number of fused-ring (bicyclic) bond motifs is 2. The SMILES string of the molecule is COC(=O)CCCCN1C(=O)[C@@]2(O[C@@H](CCn3cc(CCO)nn3)[C@H]([Si](C)(C)c3ccc(OC)cc3)[C@H]2C)c2cc(N3C(=O)c4cccc5cccc3c45)ccc21. The number of hydrogen-bond acceptors (Lipinski definition) is 9. The van der Waals surface area contributed by atoms with E-state index in [0.717, 1.165) is 33.5 Å². The Morgan fingerprint density at radius 1 is 0.965 bits per heavy atom. The molecule has 8 rings (SSSR count). The maximum Gasteiger partial charge on any atom is 0.305 e. The lowest BCUT2D eigenvalue weighted by molar-refractivity contribution is -0.146. The fourth-order valence-corrected chi connectivity index (χ4v) is 13.7. The number of nitrogens with zero attached hydrogens (tertiary/aromatic N) is 5. The van der Waals surface area contributed by atoms with Gasteiger partial charge in [0.1, 0.15) is 5.75 Å². The number of aryl methyl sites for hydroxylation is 1. The first-order valence-electron chi connectivity index (χ1n) is 19.7. The second-order valence-electron chi connectivity index (χ2n) is 15.9. The highest BCUT2D eigenvalue weighted by Gasteiger charge is 2.66. The smallest absolute Gasteiger partial charge is 0.305 e. The summed E-state index contributed by atoms with van der Waals surface area (Å²) in [4.78, 5) is 45.1. The molecule has 1 fully saturated rings. The van der Waals surface area contributed by atoms with Gasteiger partial charge in [-0.15, -0.1) is 5.10 Å². The van der Waals surface area contributed by atoms with Gasteiger partial charge in [-0.1, -0.05) is 66.8 Å². The highest BCUT2D eigenvalue weighted by Crippen LogP contribution is 2.61. The molecule has 296 valence electrons. The van der Waals surface area contributed by atoms with Crippen molar-refractivity contribution in [3.63, 3.8) is 0 Å². The zero-order valence-electron chi connectivity index (χ0n) is 33.1. The Morgan fingerprint density at radius 2 is 1.74 bits per heavy atom. The number of esters is 1. The molecule has 0 bridgehead atoms. The Morgan fingerprint density at radius 3 is 2.47 bits per heavy atom. The molecule has 0 radical (unpaired) electrons. The Bertz CT molecular complexity index is 2340. The molecule has 1 spiro atoms. The molecule has 1 N–H and O–H groups in total. The number of amides is 2. The number of carbonyl (C=O) groups excluding carboxylic acids is 3. The molecule has 2 amide bonds. The van der Waals surface area contributed by atoms with Gasteiger partial charge in [0.15, 0.2) is 5.60 Å². The minimum Gasteiger partial charge on any atom is -0.497 e. The predicted molar refractivity (Wildman–Crippen MR) is 220 cm³/mol. The molecule has 3 aliphatic rings. The lowest BCUT2D eigenvalue weighted by Crippen LogP contribution is -2.52. The summed E-state index contributed by atoms with van der Waals surface area (Å²) >= 11 is 0. The van der Waals surface area contributed by atoms with Gasteiger partial charge in [-0.3, -0.25) is 24.0 Å². The van der Waals surface area contributed by atoms with Crippen molar-refractivity contribution in [3.8, 4) is 5.75 Å². The standard InChI is InChI=1S/C44H49N5O7Si/c1-28-41(57(4,5)33-18-16-32(54-2)17-19-33)38(21-24-47-27-30(22-25-50)45-46-47)56-44(28)35-26-31(15-20-36(35)48(43(44)53)23-7-6-14-39(51)55-3)49-37-13-9-11-29-10-8-12-34(40(29)37)42(49)52/h8-13,15-20,26-28,38,41,50H,6-7,14,21-25H2,1-5H3/t28-,38+,41-,44+/m1/s1. The van der Waals surface area contributed by atoms with Crippen LogP contribution in [-0.4, -0.2) is 79.4 Å². The van der Waals surface area contributed by atoms with E-state index < -0.39 is 13.7 Å². The lowest BCUT2D eigenvalue weighted by Gasteiger charge is -2.37. The molecule has 4 aromatic carbocycles. The number of anilines is 3. The van der Waals surface area contributed by atoms with Gasteiger partial charge >= 0.3 is 5.97 Å². The summed E-state index contributed by atoms with van der Waals surface area (Å²) in [5, 5.41) is 21.2. The van der Waals surface area contributed by atoms with E-state index >= 15 is 4.79 Å². The molecule has 5 aromatic rings. The average Bonchev–Trinajstić information content (AvgIpc) is 3.94. The summed E-state index contributed by atoms with van der Waals surface area (Å²) < 4.78 is 19.6. The van der Waals surface area contributed by atoms with Crippen molar-refractivity contribution in [2.24, 2.45) is 5.92 Å². The molecule has 1 saturated heterocycles. The third-order valence-electron chi connectivity index (χ3n) is 12.5. The minimum absolute atomic E-state index is 0.0127. The first-order chi connectivity index (χ1) is 27.5. The molecular weight excluding hydrogens is 739 g/mol. The van der Waals surface area contributed by atoms with Crippen LogP contribution in [0.3, 0.4) is 0 Å². The van der Waals surface area contributed by atoms with Gasteiger partial charge < -0.3 is 24.2 Å². The van der Waals surface area contributed by atoms with E-state index in [1.54, 1.807) is 16.7 Å². The maximum atomic E-state index is 15.4. The first kappa shape index (κ1) is 38.5. The Labute approximate surface area is 333 Å². The molecule has 12 nitrogen and oxygen atoms in total. The largest absolute Gasteiger partial charge is 0.497 e.